The zero-order valence-electron chi connectivity index (χ0n) is 21.2. The van der Waals surface area contributed by atoms with Gasteiger partial charge in [-0.05, 0) is 67.5 Å². The van der Waals surface area contributed by atoms with Gasteiger partial charge < -0.3 is 14.5 Å². The number of rotatable bonds is 4. The number of imide groups is 1. The predicted octanol–water partition coefficient (Wildman–Crippen LogP) is 2.76. The summed E-state index contributed by atoms with van der Waals surface area (Å²) in [6.07, 6.45) is 2.68. The Hall–Kier alpha value is -4.28. The number of fused-ring (bicyclic) bond motifs is 3. The molecule has 10 nitrogen and oxygen atoms in total. The van der Waals surface area contributed by atoms with Crippen molar-refractivity contribution in [2.75, 3.05) is 16.8 Å². The first-order valence-corrected chi connectivity index (χ1v) is 13.1. The summed E-state index contributed by atoms with van der Waals surface area (Å²) < 4.78 is 20.9. The van der Waals surface area contributed by atoms with Crippen molar-refractivity contribution in [1.29, 1.82) is 0 Å². The van der Waals surface area contributed by atoms with Gasteiger partial charge in [0.1, 0.15) is 17.6 Å². The van der Waals surface area contributed by atoms with Gasteiger partial charge in [-0.3, -0.25) is 29.4 Å². The van der Waals surface area contributed by atoms with Crippen LogP contribution in [0, 0.1) is 5.82 Å². The molecule has 0 radical (unpaired) electrons. The fourth-order valence-electron chi connectivity index (χ4n) is 6.00. The third kappa shape index (κ3) is 3.55. The summed E-state index contributed by atoms with van der Waals surface area (Å²) >= 11 is 0. The van der Waals surface area contributed by atoms with Gasteiger partial charge in [0.05, 0.1) is 16.8 Å². The van der Waals surface area contributed by atoms with Gasteiger partial charge in [0.2, 0.25) is 17.7 Å². The average Bonchev–Trinajstić information content (AvgIpc) is 3.83. The van der Waals surface area contributed by atoms with Crippen LogP contribution in [0.25, 0.3) is 0 Å². The quantitative estimate of drug-likeness (QED) is 0.606. The van der Waals surface area contributed by atoms with Crippen molar-refractivity contribution in [2.24, 2.45) is 0 Å². The Morgan fingerprint density at radius 2 is 1.87 bits per heavy atom. The monoisotopic (exact) mass is 532 g/mol. The van der Waals surface area contributed by atoms with E-state index in [9.17, 15) is 24.0 Å². The van der Waals surface area contributed by atoms with E-state index in [1.54, 1.807) is 23.1 Å². The molecule has 1 unspecified atom stereocenters. The van der Waals surface area contributed by atoms with E-state index in [1.807, 2.05) is 0 Å². The largest absolute Gasteiger partial charge is 0.419 e. The second-order valence-electron chi connectivity index (χ2n) is 11.0. The van der Waals surface area contributed by atoms with E-state index in [0.29, 0.717) is 35.2 Å². The zero-order chi connectivity index (χ0) is 27.2. The summed E-state index contributed by atoms with van der Waals surface area (Å²) in [5, 5.41) is 2.27. The van der Waals surface area contributed by atoms with Crippen molar-refractivity contribution in [2.45, 2.75) is 62.6 Å². The molecule has 3 fully saturated rings. The summed E-state index contributed by atoms with van der Waals surface area (Å²) in [7, 11) is 1.46. The SMILES string of the molecule is CN(C(=O)Oc1ccc2c(c1)C(=O)N(C1CCC(=O)NC1=O)C2)c1cc(F)c2c(c1)C1(CC1)C(=O)N2C1CC1. The number of nitrogens with zero attached hydrogens (tertiary/aromatic N) is 3. The lowest BCUT2D eigenvalue weighted by Crippen LogP contribution is -2.52. The standard InChI is InChI=1S/C28H25FN4O6/c1-31(16-10-19-23(20(29)11-16)33(15-3-4-15)26(37)28(19)8-9-28)27(38)39-17-5-2-14-13-32(25(36)18(14)12-17)21-6-7-22(34)30-24(21)35/h2,5,10-12,15,21H,3-4,6-9,13H2,1H3,(H,30,34,35). The number of anilines is 2. The normalized spacial score (nSPS) is 22.7. The summed E-state index contributed by atoms with van der Waals surface area (Å²) in [5.74, 6) is -1.71. The van der Waals surface area contributed by atoms with E-state index in [2.05, 4.69) is 5.32 Å². The molecule has 0 aromatic heterocycles. The zero-order valence-corrected chi connectivity index (χ0v) is 21.2. The van der Waals surface area contributed by atoms with Crippen molar-refractivity contribution in [1.82, 2.24) is 10.2 Å². The molecular formula is C28H25FN4O6. The van der Waals surface area contributed by atoms with Gasteiger partial charge in [0, 0.05) is 31.6 Å². The van der Waals surface area contributed by atoms with E-state index in [1.165, 1.54) is 29.0 Å². The average molecular weight is 533 g/mol. The molecule has 2 aromatic carbocycles. The van der Waals surface area contributed by atoms with Crippen LogP contribution in [0.2, 0.25) is 0 Å². The number of piperidine rings is 1. The number of hydrogen-bond donors (Lipinski definition) is 1. The number of ether oxygens (including phenoxy) is 1. The number of amides is 5. The van der Waals surface area contributed by atoms with Crippen LogP contribution in [0.5, 0.6) is 5.75 Å². The van der Waals surface area contributed by atoms with E-state index in [-0.39, 0.29) is 54.6 Å². The number of halogens is 1. The van der Waals surface area contributed by atoms with Gasteiger partial charge in [-0.15, -0.1) is 0 Å². The summed E-state index contributed by atoms with van der Waals surface area (Å²) in [6.45, 7) is 0.210. The Morgan fingerprint density at radius 3 is 2.56 bits per heavy atom. The molecule has 39 heavy (non-hydrogen) atoms. The smallest absolute Gasteiger partial charge is 0.410 e. The number of benzene rings is 2. The number of hydrogen-bond acceptors (Lipinski definition) is 6. The molecule has 5 aliphatic rings. The van der Waals surface area contributed by atoms with Crippen LogP contribution >= 0.6 is 0 Å². The molecule has 3 heterocycles. The van der Waals surface area contributed by atoms with Crippen molar-refractivity contribution < 1.29 is 33.1 Å². The van der Waals surface area contributed by atoms with Crippen LogP contribution in [0.4, 0.5) is 20.6 Å². The van der Waals surface area contributed by atoms with Crippen LogP contribution in [-0.4, -0.2) is 53.8 Å². The van der Waals surface area contributed by atoms with Crippen molar-refractivity contribution in [3.8, 4) is 5.75 Å². The first-order valence-electron chi connectivity index (χ1n) is 13.1. The maximum atomic E-state index is 15.4. The number of nitrogens with one attached hydrogen (secondary N) is 1. The minimum Gasteiger partial charge on any atom is -0.410 e. The number of carbonyl (C=O) groups excluding carboxylic acids is 5. The van der Waals surface area contributed by atoms with Crippen LogP contribution in [0.1, 0.15) is 60.0 Å². The first-order chi connectivity index (χ1) is 18.7. The van der Waals surface area contributed by atoms with Crippen LogP contribution in [-0.2, 0) is 26.3 Å². The third-order valence-corrected chi connectivity index (χ3v) is 8.46. The molecule has 3 aliphatic heterocycles. The van der Waals surface area contributed by atoms with Crippen molar-refractivity contribution in [3.63, 3.8) is 0 Å². The van der Waals surface area contributed by atoms with E-state index < -0.39 is 29.3 Å². The highest BCUT2D eigenvalue weighted by Crippen LogP contribution is 2.60. The lowest BCUT2D eigenvalue weighted by molar-refractivity contribution is -0.137. The molecule has 5 amide bonds. The second-order valence-corrected chi connectivity index (χ2v) is 11.0. The molecule has 7 rings (SSSR count). The van der Waals surface area contributed by atoms with Gasteiger partial charge in [0.25, 0.3) is 5.91 Å². The molecule has 2 aliphatic carbocycles. The molecule has 1 atom stereocenters. The topological polar surface area (TPSA) is 116 Å². The molecule has 11 heteroatoms. The summed E-state index contributed by atoms with van der Waals surface area (Å²) in [5.41, 5.74) is 1.54. The van der Waals surface area contributed by atoms with Crippen molar-refractivity contribution >= 4 is 41.1 Å². The van der Waals surface area contributed by atoms with Crippen LogP contribution < -0.4 is 19.9 Å². The molecule has 2 saturated carbocycles. The number of carbonyl (C=O) groups is 5. The lowest BCUT2D eigenvalue weighted by atomic mass is 9.97. The van der Waals surface area contributed by atoms with Gasteiger partial charge in [0.15, 0.2) is 0 Å². The highest BCUT2D eigenvalue weighted by Gasteiger charge is 2.62. The minimum atomic E-state index is -0.782. The minimum absolute atomic E-state index is 0.0459. The maximum absolute atomic E-state index is 15.4. The maximum Gasteiger partial charge on any atom is 0.419 e. The van der Waals surface area contributed by atoms with E-state index in [0.717, 1.165) is 12.8 Å². The van der Waals surface area contributed by atoms with Crippen molar-refractivity contribution in [3.05, 3.63) is 52.8 Å². The van der Waals surface area contributed by atoms with E-state index in [4.69, 9.17) is 4.74 Å². The van der Waals surface area contributed by atoms with Gasteiger partial charge in [-0.2, -0.15) is 0 Å². The molecular weight excluding hydrogens is 507 g/mol. The van der Waals surface area contributed by atoms with Gasteiger partial charge in [-0.25, -0.2) is 9.18 Å². The van der Waals surface area contributed by atoms with E-state index >= 15 is 4.39 Å². The predicted molar refractivity (Wildman–Crippen MR) is 135 cm³/mol. The van der Waals surface area contributed by atoms with Gasteiger partial charge >= 0.3 is 6.09 Å². The molecule has 1 N–H and O–H groups in total. The second kappa shape index (κ2) is 8.11. The lowest BCUT2D eigenvalue weighted by Gasteiger charge is -2.29. The summed E-state index contributed by atoms with van der Waals surface area (Å²) in [6, 6.07) is 6.92. The molecule has 2 aromatic rings. The molecule has 200 valence electrons. The van der Waals surface area contributed by atoms with Crippen LogP contribution in [0.3, 0.4) is 0 Å². The Kier molecular flexibility index (Phi) is 4.95. The fourth-order valence-corrected chi connectivity index (χ4v) is 6.00. The Morgan fingerprint density at radius 1 is 1.10 bits per heavy atom. The Balaban J connectivity index is 1.10. The molecule has 1 saturated heterocycles. The summed E-state index contributed by atoms with van der Waals surface area (Å²) in [4.78, 5) is 67.2. The third-order valence-electron chi connectivity index (χ3n) is 8.46. The Bertz CT molecular complexity index is 1510. The molecule has 0 bridgehead atoms. The Labute approximate surface area is 222 Å². The molecule has 1 spiro atoms. The van der Waals surface area contributed by atoms with Crippen LogP contribution in [0.15, 0.2) is 30.3 Å². The highest BCUT2D eigenvalue weighted by atomic mass is 19.1. The fraction of sp³-hybridized carbons (Fsp3) is 0.393. The first kappa shape index (κ1) is 23.8. The van der Waals surface area contributed by atoms with Gasteiger partial charge in [-0.1, -0.05) is 6.07 Å². The highest BCUT2D eigenvalue weighted by molar-refractivity contribution is 6.11.